The van der Waals surface area contributed by atoms with E-state index in [1.165, 1.54) is 30.5 Å². The predicted molar refractivity (Wildman–Crippen MR) is 93.1 cm³/mol. The summed E-state index contributed by atoms with van der Waals surface area (Å²) < 4.78 is 0. The molecule has 3 rings (SSSR count). The van der Waals surface area contributed by atoms with Crippen molar-refractivity contribution in [3.63, 3.8) is 0 Å². The van der Waals surface area contributed by atoms with Crippen LogP contribution in [-0.2, 0) is 12.8 Å². The van der Waals surface area contributed by atoms with Crippen molar-refractivity contribution in [3.8, 4) is 17.2 Å². The van der Waals surface area contributed by atoms with Crippen LogP contribution in [0.4, 0.5) is 11.5 Å². The van der Waals surface area contributed by atoms with Crippen LogP contribution in [0.3, 0.4) is 0 Å². The first-order valence-electron chi connectivity index (χ1n) is 8.16. The number of nitrogens with zero attached hydrogens (tertiary/aromatic N) is 2. The number of benzene rings is 1. The Morgan fingerprint density at radius 1 is 1.09 bits per heavy atom. The lowest BCUT2D eigenvalue weighted by molar-refractivity contribution is -0.373. The Balaban J connectivity index is 2.20. The van der Waals surface area contributed by atoms with Crippen LogP contribution < -0.4 is 15.6 Å². The number of H-pyrrole nitrogens is 1. The molecule has 1 aromatic heterocycles. The number of aromatic amines is 1. The molecule has 0 unspecified atom stereocenters. The van der Waals surface area contributed by atoms with Gasteiger partial charge >= 0.3 is 0 Å². The molecule has 0 fully saturated rings. The summed E-state index contributed by atoms with van der Waals surface area (Å²) in [6.45, 7) is 0. The summed E-state index contributed by atoms with van der Waals surface area (Å²) in [5, 5.41) is 9.62. The van der Waals surface area contributed by atoms with E-state index in [4.69, 9.17) is 5.73 Å². The number of rotatable bonds is 2. The molecule has 1 aliphatic carbocycles. The van der Waals surface area contributed by atoms with Crippen molar-refractivity contribution in [1.29, 1.82) is 5.26 Å². The molecule has 118 valence electrons. The zero-order valence-corrected chi connectivity index (χ0v) is 13.8. The van der Waals surface area contributed by atoms with E-state index in [2.05, 4.69) is 40.2 Å². The highest BCUT2D eigenvalue weighted by molar-refractivity contribution is 5.78. The Morgan fingerprint density at radius 3 is 2.43 bits per heavy atom. The normalized spacial score (nSPS) is 13.8. The number of nitriles is 1. The number of fused-ring (bicyclic) bond motifs is 1. The van der Waals surface area contributed by atoms with Crippen molar-refractivity contribution >= 4 is 11.5 Å². The van der Waals surface area contributed by atoms with Crippen molar-refractivity contribution in [2.45, 2.75) is 32.1 Å². The summed E-state index contributed by atoms with van der Waals surface area (Å²) >= 11 is 0. The van der Waals surface area contributed by atoms with Gasteiger partial charge < -0.3 is 4.90 Å². The topological polar surface area (TPSA) is 67.2 Å². The fourth-order valence-corrected chi connectivity index (χ4v) is 3.37. The molecule has 1 heterocycles. The van der Waals surface area contributed by atoms with Crippen molar-refractivity contribution in [2.75, 3.05) is 24.7 Å². The second-order valence-electron chi connectivity index (χ2n) is 6.36. The van der Waals surface area contributed by atoms with E-state index in [0.717, 1.165) is 29.7 Å². The average molecular weight is 307 g/mol. The monoisotopic (exact) mass is 307 g/mol. The molecule has 0 spiro atoms. The second-order valence-corrected chi connectivity index (χ2v) is 6.36. The van der Waals surface area contributed by atoms with Crippen molar-refractivity contribution < 1.29 is 4.98 Å². The second kappa shape index (κ2) is 6.29. The van der Waals surface area contributed by atoms with E-state index in [1.54, 1.807) is 0 Å². The van der Waals surface area contributed by atoms with Gasteiger partial charge in [-0.25, -0.2) is 4.98 Å². The van der Waals surface area contributed by atoms with Crippen molar-refractivity contribution in [1.82, 2.24) is 0 Å². The van der Waals surface area contributed by atoms with Crippen molar-refractivity contribution in [3.05, 3.63) is 41.1 Å². The Morgan fingerprint density at radius 2 is 1.78 bits per heavy atom. The van der Waals surface area contributed by atoms with Gasteiger partial charge in [0.25, 0.3) is 5.82 Å². The van der Waals surface area contributed by atoms with E-state index in [9.17, 15) is 5.26 Å². The van der Waals surface area contributed by atoms with Crippen LogP contribution in [0.1, 0.15) is 36.1 Å². The number of aryl methyl sites for hydroxylation is 1. The number of aromatic nitrogens is 1. The lowest BCUT2D eigenvalue weighted by Crippen LogP contribution is -2.22. The maximum Gasteiger partial charge on any atom is 0.289 e. The first-order valence-corrected chi connectivity index (χ1v) is 8.16. The quantitative estimate of drug-likeness (QED) is 0.867. The largest absolute Gasteiger partial charge is 0.378 e. The molecule has 0 saturated carbocycles. The lowest BCUT2D eigenvalue weighted by atomic mass is 9.91. The third-order valence-electron chi connectivity index (χ3n) is 4.61. The van der Waals surface area contributed by atoms with E-state index >= 15 is 0 Å². The van der Waals surface area contributed by atoms with E-state index in [1.807, 2.05) is 14.1 Å². The van der Waals surface area contributed by atoms with Gasteiger partial charge in [0, 0.05) is 37.3 Å². The number of pyridine rings is 1. The highest BCUT2D eigenvalue weighted by Gasteiger charge is 2.24. The van der Waals surface area contributed by atoms with Crippen LogP contribution in [0, 0.1) is 11.3 Å². The van der Waals surface area contributed by atoms with Crippen LogP contribution in [0.25, 0.3) is 11.1 Å². The third kappa shape index (κ3) is 2.87. The number of nitrogens with two attached hydrogens (primary N) is 1. The molecule has 0 bridgehead atoms. The summed E-state index contributed by atoms with van der Waals surface area (Å²) in [4.78, 5) is 5.35. The van der Waals surface area contributed by atoms with Gasteiger partial charge in [-0.15, -0.1) is 0 Å². The molecule has 0 radical (unpaired) electrons. The van der Waals surface area contributed by atoms with Gasteiger partial charge in [-0.05, 0) is 37.0 Å². The molecule has 4 nitrogen and oxygen atoms in total. The molecule has 23 heavy (non-hydrogen) atoms. The lowest BCUT2D eigenvalue weighted by Gasteiger charge is -2.16. The van der Waals surface area contributed by atoms with Gasteiger partial charge in [0.2, 0.25) is 0 Å². The summed E-state index contributed by atoms with van der Waals surface area (Å²) in [5.41, 5.74) is 12.4. The first-order chi connectivity index (χ1) is 11.1. The number of hydrogen-bond acceptors (Lipinski definition) is 3. The molecule has 0 aliphatic heterocycles. The standard InChI is InChI=1S/C19H22N4/c1-23(2)14-10-8-13(9-11-14)18-15-6-4-3-5-7-17(15)22-19(21)16(18)12-20/h8-11H,3-7H2,1-2H3,(H2,21,22)/p+1. The molecule has 0 atom stereocenters. The smallest absolute Gasteiger partial charge is 0.289 e. The van der Waals surface area contributed by atoms with Crippen LogP contribution in [0.5, 0.6) is 0 Å². The Labute approximate surface area is 137 Å². The highest BCUT2D eigenvalue weighted by Crippen LogP contribution is 2.34. The third-order valence-corrected chi connectivity index (χ3v) is 4.61. The summed E-state index contributed by atoms with van der Waals surface area (Å²) in [6, 6.07) is 10.7. The summed E-state index contributed by atoms with van der Waals surface area (Å²) in [5.74, 6) is 0.486. The number of nitrogens with one attached hydrogen (secondary N) is 1. The van der Waals surface area contributed by atoms with Crippen LogP contribution >= 0.6 is 0 Å². The van der Waals surface area contributed by atoms with Gasteiger partial charge in [0.15, 0.2) is 0 Å². The van der Waals surface area contributed by atoms with E-state index < -0.39 is 0 Å². The summed E-state index contributed by atoms with van der Waals surface area (Å²) in [6.07, 6.45) is 5.58. The first kappa shape index (κ1) is 15.4. The molecule has 0 saturated heterocycles. The molecule has 0 amide bonds. The number of nitrogen functional groups attached to an aromatic ring is 1. The number of anilines is 2. The maximum absolute atomic E-state index is 9.62. The minimum Gasteiger partial charge on any atom is -0.378 e. The fraction of sp³-hybridized carbons (Fsp3) is 0.368. The Bertz CT molecular complexity index is 754. The van der Waals surface area contributed by atoms with Crippen LogP contribution in [0.2, 0.25) is 0 Å². The fourth-order valence-electron chi connectivity index (χ4n) is 3.37. The highest BCUT2D eigenvalue weighted by atomic mass is 15.1. The summed E-state index contributed by atoms with van der Waals surface area (Å²) in [7, 11) is 4.05. The van der Waals surface area contributed by atoms with E-state index in [-0.39, 0.29) is 0 Å². The van der Waals surface area contributed by atoms with Gasteiger partial charge in [-0.3, -0.25) is 5.73 Å². The molecule has 1 aliphatic rings. The predicted octanol–water partition coefficient (Wildman–Crippen LogP) is 2.96. The Hall–Kier alpha value is -2.54. The Kier molecular flexibility index (Phi) is 4.20. The zero-order valence-electron chi connectivity index (χ0n) is 13.8. The minimum absolute atomic E-state index is 0.486. The molecular weight excluding hydrogens is 284 g/mol. The van der Waals surface area contributed by atoms with Gasteiger partial charge in [0.1, 0.15) is 17.3 Å². The SMILES string of the molecule is CN(C)c1ccc(-c2c(C#N)c(N)[nH+]c3c2CCCCC3)cc1. The minimum atomic E-state index is 0.486. The van der Waals surface area contributed by atoms with Gasteiger partial charge in [0.05, 0.1) is 0 Å². The molecule has 1 aromatic carbocycles. The van der Waals surface area contributed by atoms with Crippen LogP contribution in [-0.4, -0.2) is 14.1 Å². The van der Waals surface area contributed by atoms with Crippen molar-refractivity contribution in [2.24, 2.45) is 0 Å². The van der Waals surface area contributed by atoms with Gasteiger partial charge in [-0.2, -0.15) is 5.26 Å². The molecule has 4 heteroatoms. The zero-order chi connectivity index (χ0) is 16.4. The van der Waals surface area contributed by atoms with E-state index in [0.29, 0.717) is 11.4 Å². The molecule has 2 aromatic rings. The van der Waals surface area contributed by atoms with Crippen LogP contribution in [0.15, 0.2) is 24.3 Å². The number of hydrogen-bond donors (Lipinski definition) is 1. The average Bonchev–Trinajstić information content (AvgIpc) is 2.78. The molecular formula is C19H23N4+. The molecule has 3 N–H and O–H groups in total. The maximum atomic E-state index is 9.62. The van der Waals surface area contributed by atoms with Gasteiger partial charge in [-0.1, -0.05) is 18.6 Å².